The summed E-state index contributed by atoms with van der Waals surface area (Å²) in [5.41, 5.74) is 3.04. The minimum absolute atomic E-state index is 0.207. The highest BCUT2D eigenvalue weighted by Gasteiger charge is 2.22. The molecule has 1 aromatic heterocycles. The number of carbonyl (C=O) groups is 1. The van der Waals surface area contributed by atoms with Crippen LogP contribution in [0.2, 0.25) is 0 Å². The average molecular weight is 232 g/mol. The van der Waals surface area contributed by atoms with E-state index in [9.17, 15) is 4.79 Å². The molecule has 0 spiro atoms. The van der Waals surface area contributed by atoms with Crippen molar-refractivity contribution in [1.29, 1.82) is 0 Å². The molecule has 0 atom stereocenters. The lowest BCUT2D eigenvalue weighted by Crippen LogP contribution is -2.09. The Hall–Kier alpha value is -1.51. The van der Waals surface area contributed by atoms with Gasteiger partial charge in [-0.15, -0.1) is 0 Å². The molecule has 0 saturated carbocycles. The Morgan fingerprint density at radius 2 is 2.18 bits per heavy atom. The molecular formula is C14H20N2O. The van der Waals surface area contributed by atoms with Crippen molar-refractivity contribution in [3.8, 4) is 0 Å². The molecule has 0 N–H and O–H groups in total. The predicted octanol–water partition coefficient (Wildman–Crippen LogP) is 2.47. The number of nitrogens with zero attached hydrogens (tertiary/aromatic N) is 2. The van der Waals surface area contributed by atoms with E-state index in [1.807, 2.05) is 37.5 Å². The second-order valence-corrected chi connectivity index (χ2v) is 4.76. The van der Waals surface area contributed by atoms with Gasteiger partial charge in [-0.2, -0.15) is 0 Å². The molecular weight excluding hydrogens is 212 g/mol. The number of fused-ring (bicyclic) bond motifs is 1. The third-order valence-corrected chi connectivity index (χ3v) is 3.23. The molecule has 0 amide bonds. The van der Waals surface area contributed by atoms with Crippen molar-refractivity contribution in [2.24, 2.45) is 0 Å². The van der Waals surface area contributed by atoms with E-state index in [-0.39, 0.29) is 5.78 Å². The van der Waals surface area contributed by atoms with E-state index >= 15 is 0 Å². The summed E-state index contributed by atoms with van der Waals surface area (Å²) in [6.45, 7) is 3.06. The summed E-state index contributed by atoms with van der Waals surface area (Å²) in [5, 5.41) is 0. The largest absolute Gasteiger partial charge is 0.383 e. The van der Waals surface area contributed by atoms with E-state index in [1.165, 1.54) is 5.69 Å². The Morgan fingerprint density at radius 1 is 1.41 bits per heavy atom. The standard InChI is InChI=1S/C14H20N2O/c1-4-16-9-8-12-13(16)7-5-6-11(14(12)17)10-15(2)3/h8-10H,4-7H2,1-3H3. The van der Waals surface area contributed by atoms with Crippen molar-refractivity contribution in [2.45, 2.75) is 32.7 Å². The SMILES string of the molecule is CCn1ccc2c1CCCC(=CN(C)C)C2=O. The maximum atomic E-state index is 12.4. The van der Waals surface area contributed by atoms with Gasteiger partial charge >= 0.3 is 0 Å². The van der Waals surface area contributed by atoms with Crippen molar-refractivity contribution in [3.63, 3.8) is 0 Å². The topological polar surface area (TPSA) is 25.2 Å². The monoisotopic (exact) mass is 232 g/mol. The fourth-order valence-electron chi connectivity index (χ4n) is 2.45. The van der Waals surface area contributed by atoms with E-state index in [4.69, 9.17) is 0 Å². The highest BCUT2D eigenvalue weighted by Crippen LogP contribution is 2.25. The van der Waals surface area contributed by atoms with Crippen molar-refractivity contribution in [2.75, 3.05) is 14.1 Å². The lowest BCUT2D eigenvalue weighted by atomic mass is 10.1. The summed E-state index contributed by atoms with van der Waals surface area (Å²) in [6.07, 6.45) is 6.94. The van der Waals surface area contributed by atoms with E-state index in [2.05, 4.69) is 11.5 Å². The van der Waals surface area contributed by atoms with Crippen LogP contribution in [0.3, 0.4) is 0 Å². The van der Waals surface area contributed by atoms with Gasteiger partial charge in [0.2, 0.25) is 0 Å². The van der Waals surface area contributed by atoms with E-state index in [0.29, 0.717) is 0 Å². The van der Waals surface area contributed by atoms with Gasteiger partial charge in [-0.3, -0.25) is 4.79 Å². The molecule has 3 nitrogen and oxygen atoms in total. The van der Waals surface area contributed by atoms with Gasteiger partial charge in [-0.05, 0) is 32.3 Å². The number of hydrogen-bond acceptors (Lipinski definition) is 2. The number of aromatic nitrogens is 1. The van der Waals surface area contributed by atoms with Crippen molar-refractivity contribution >= 4 is 5.78 Å². The zero-order chi connectivity index (χ0) is 12.4. The molecule has 0 saturated heterocycles. The first-order chi connectivity index (χ1) is 8.13. The number of aryl methyl sites for hydroxylation is 1. The van der Waals surface area contributed by atoms with Crippen LogP contribution in [0.4, 0.5) is 0 Å². The molecule has 92 valence electrons. The highest BCUT2D eigenvalue weighted by molar-refractivity contribution is 6.09. The minimum atomic E-state index is 0.207. The van der Waals surface area contributed by atoms with Crippen molar-refractivity contribution in [3.05, 3.63) is 35.3 Å². The summed E-state index contributed by atoms with van der Waals surface area (Å²) in [7, 11) is 3.92. The van der Waals surface area contributed by atoms with Crippen LogP contribution in [0, 0.1) is 0 Å². The Morgan fingerprint density at radius 3 is 2.82 bits per heavy atom. The number of allylic oxidation sites excluding steroid dienone is 1. The van der Waals surface area contributed by atoms with Crippen LogP contribution in [0.5, 0.6) is 0 Å². The quantitative estimate of drug-likeness (QED) is 0.578. The Labute approximate surface area is 103 Å². The molecule has 1 heterocycles. The number of ketones is 1. The van der Waals surface area contributed by atoms with Crippen LogP contribution in [-0.2, 0) is 13.0 Å². The van der Waals surface area contributed by atoms with Gasteiger partial charge in [-0.1, -0.05) is 0 Å². The zero-order valence-corrected chi connectivity index (χ0v) is 10.9. The highest BCUT2D eigenvalue weighted by atomic mass is 16.1. The summed E-state index contributed by atoms with van der Waals surface area (Å²) in [5.74, 6) is 0.207. The Bertz CT molecular complexity index is 455. The molecule has 0 fully saturated rings. The average Bonchev–Trinajstić information content (AvgIpc) is 2.63. The molecule has 2 rings (SSSR count). The third-order valence-electron chi connectivity index (χ3n) is 3.23. The first kappa shape index (κ1) is 12.0. The molecule has 17 heavy (non-hydrogen) atoms. The van der Waals surface area contributed by atoms with Gasteiger partial charge in [0.25, 0.3) is 0 Å². The van der Waals surface area contributed by atoms with Crippen molar-refractivity contribution < 1.29 is 4.79 Å². The molecule has 0 aliphatic heterocycles. The predicted molar refractivity (Wildman–Crippen MR) is 69.1 cm³/mol. The van der Waals surface area contributed by atoms with Crippen LogP contribution in [-0.4, -0.2) is 29.3 Å². The number of Topliss-reactive ketones (excluding diaryl/α,β-unsaturated/α-hetero) is 1. The second kappa shape index (κ2) is 4.78. The Kier molecular flexibility index (Phi) is 3.36. The van der Waals surface area contributed by atoms with Crippen LogP contribution in [0.1, 0.15) is 35.8 Å². The smallest absolute Gasteiger partial charge is 0.192 e. The molecule has 1 aromatic rings. The van der Waals surface area contributed by atoms with E-state index in [1.54, 1.807) is 0 Å². The molecule has 3 heteroatoms. The summed E-state index contributed by atoms with van der Waals surface area (Å²) < 4.78 is 2.19. The first-order valence-corrected chi connectivity index (χ1v) is 6.23. The lowest BCUT2D eigenvalue weighted by Gasteiger charge is -2.08. The summed E-state index contributed by atoms with van der Waals surface area (Å²) >= 11 is 0. The molecule has 1 aliphatic rings. The van der Waals surface area contributed by atoms with E-state index in [0.717, 1.165) is 36.9 Å². The normalized spacial score (nSPS) is 18.1. The minimum Gasteiger partial charge on any atom is -0.383 e. The molecule has 0 bridgehead atoms. The first-order valence-electron chi connectivity index (χ1n) is 6.23. The van der Waals surface area contributed by atoms with Gasteiger partial charge in [0, 0.05) is 49.9 Å². The van der Waals surface area contributed by atoms with Crippen LogP contribution in [0.25, 0.3) is 0 Å². The lowest BCUT2D eigenvalue weighted by molar-refractivity contribution is 0.103. The number of hydrogen-bond donors (Lipinski definition) is 0. The van der Waals surface area contributed by atoms with E-state index < -0.39 is 0 Å². The zero-order valence-electron chi connectivity index (χ0n) is 10.9. The fraction of sp³-hybridized carbons (Fsp3) is 0.500. The summed E-state index contributed by atoms with van der Waals surface area (Å²) in [6, 6.07) is 1.97. The van der Waals surface area contributed by atoms with Gasteiger partial charge in [0.15, 0.2) is 5.78 Å². The maximum Gasteiger partial charge on any atom is 0.192 e. The van der Waals surface area contributed by atoms with Crippen LogP contribution in [0.15, 0.2) is 24.0 Å². The maximum absolute atomic E-state index is 12.4. The fourth-order valence-corrected chi connectivity index (χ4v) is 2.45. The second-order valence-electron chi connectivity index (χ2n) is 4.76. The molecule has 0 unspecified atom stereocenters. The van der Waals surface area contributed by atoms with Crippen molar-refractivity contribution in [1.82, 2.24) is 9.47 Å². The van der Waals surface area contributed by atoms with Crippen LogP contribution < -0.4 is 0 Å². The number of carbonyl (C=O) groups excluding carboxylic acids is 1. The third kappa shape index (κ3) is 2.28. The summed E-state index contributed by atoms with van der Waals surface area (Å²) in [4.78, 5) is 14.3. The number of rotatable bonds is 2. The van der Waals surface area contributed by atoms with Gasteiger partial charge in [0.05, 0.1) is 0 Å². The molecule has 0 radical (unpaired) electrons. The van der Waals surface area contributed by atoms with Crippen LogP contribution >= 0.6 is 0 Å². The molecule has 1 aliphatic carbocycles. The van der Waals surface area contributed by atoms with Gasteiger partial charge in [-0.25, -0.2) is 0 Å². The van der Waals surface area contributed by atoms with Gasteiger partial charge < -0.3 is 9.47 Å². The molecule has 0 aromatic carbocycles. The van der Waals surface area contributed by atoms with Gasteiger partial charge in [0.1, 0.15) is 0 Å². The Balaban J connectivity index is 2.40.